The van der Waals surface area contributed by atoms with E-state index in [0.717, 1.165) is 54.9 Å². The second kappa shape index (κ2) is 13.4. The largest absolute Gasteiger partial charge is 0.339 e. The Balaban J connectivity index is 1.15. The summed E-state index contributed by atoms with van der Waals surface area (Å²) in [5.41, 5.74) is 6.18. The smallest absolute Gasteiger partial charge is 0.324 e. The van der Waals surface area contributed by atoms with E-state index in [-0.39, 0.29) is 23.3 Å². The van der Waals surface area contributed by atoms with Gasteiger partial charge in [0.2, 0.25) is 0 Å². The van der Waals surface area contributed by atoms with Crippen LogP contribution in [0.3, 0.4) is 0 Å². The first-order valence-corrected chi connectivity index (χ1v) is 15.6. The summed E-state index contributed by atoms with van der Waals surface area (Å²) in [5, 5.41) is 20.0. The molecule has 2 N–H and O–H groups in total. The van der Waals surface area contributed by atoms with Crippen LogP contribution in [-0.2, 0) is 11.8 Å². The Morgan fingerprint density at radius 3 is 2.31 bits per heavy atom. The molecule has 0 saturated carbocycles. The molecule has 1 atom stereocenters. The lowest BCUT2D eigenvalue weighted by atomic mass is 9.89. The summed E-state index contributed by atoms with van der Waals surface area (Å²) in [5.74, 6) is 0.882. The molecule has 8 heteroatoms. The molecular weight excluding hydrogens is 560 g/mol. The monoisotopic (exact) mass is 602 g/mol. The summed E-state index contributed by atoms with van der Waals surface area (Å²) in [6.45, 7) is 11.6. The summed E-state index contributed by atoms with van der Waals surface area (Å²) in [4.78, 5) is 28.1. The molecule has 3 amide bonds. The number of likely N-dealkylation sites (tertiary alicyclic amines) is 1. The highest BCUT2D eigenvalue weighted by Gasteiger charge is 2.25. The molecule has 0 bridgehead atoms. The molecule has 2 heterocycles. The normalized spacial score (nSPS) is 14.4. The zero-order valence-electron chi connectivity index (χ0n) is 26.8. The van der Waals surface area contributed by atoms with Crippen LogP contribution >= 0.6 is 0 Å². The SMILES string of the molecule is Cc1ccc(-n2nc(C(C)(C)C)cc2NC(=O)Nc2ccc(CC3CCN(C(=O)c4cccc(C(C)C#N)c4)CC3)cc2)cc1. The average molecular weight is 603 g/mol. The maximum absolute atomic E-state index is 13.1. The third-order valence-corrected chi connectivity index (χ3v) is 8.46. The van der Waals surface area contributed by atoms with Gasteiger partial charge in [0, 0.05) is 35.8 Å². The van der Waals surface area contributed by atoms with E-state index in [9.17, 15) is 14.9 Å². The standard InChI is InChI=1S/C37H42N6O2/c1-25-9-15-32(16-10-25)43-34(23-33(41-43)37(3,4)5)40-36(45)39-31-13-11-27(12-14-31)21-28-17-19-42(20-18-28)35(44)30-8-6-7-29(22-30)26(2)24-38/h6-16,22-23,26,28H,17-21H2,1-5H3,(H2,39,40,45). The molecule has 0 radical (unpaired) electrons. The van der Waals surface area contributed by atoms with Gasteiger partial charge in [-0.3, -0.25) is 10.1 Å². The number of hydrogen-bond acceptors (Lipinski definition) is 4. The van der Waals surface area contributed by atoms with E-state index < -0.39 is 0 Å². The van der Waals surface area contributed by atoms with Crippen molar-refractivity contribution in [3.05, 3.63) is 107 Å². The minimum atomic E-state index is -0.332. The number of benzene rings is 3. The molecule has 0 aliphatic carbocycles. The van der Waals surface area contributed by atoms with Crippen LogP contribution in [0.5, 0.6) is 0 Å². The number of nitrogens with zero attached hydrogens (tertiary/aromatic N) is 4. The summed E-state index contributed by atoms with van der Waals surface area (Å²) in [6.07, 6.45) is 2.80. The highest BCUT2D eigenvalue weighted by molar-refractivity contribution is 5.99. The van der Waals surface area contributed by atoms with E-state index in [1.54, 1.807) is 4.68 Å². The number of urea groups is 1. The maximum atomic E-state index is 13.1. The van der Waals surface area contributed by atoms with Crippen molar-refractivity contribution in [2.75, 3.05) is 23.7 Å². The first-order chi connectivity index (χ1) is 21.5. The molecule has 5 rings (SSSR count). The summed E-state index contributed by atoms with van der Waals surface area (Å²) < 4.78 is 1.77. The van der Waals surface area contributed by atoms with E-state index in [0.29, 0.717) is 23.0 Å². The molecule has 0 spiro atoms. The van der Waals surface area contributed by atoms with E-state index >= 15 is 0 Å². The number of anilines is 2. The Labute approximate surface area is 266 Å². The third kappa shape index (κ3) is 7.79. The van der Waals surface area contributed by atoms with E-state index in [1.807, 2.05) is 85.5 Å². The lowest BCUT2D eigenvalue weighted by molar-refractivity contribution is 0.0690. The molecule has 1 aromatic heterocycles. The minimum absolute atomic E-state index is 0.0330. The first kappa shape index (κ1) is 31.5. The van der Waals surface area contributed by atoms with Gasteiger partial charge in [0.15, 0.2) is 0 Å². The van der Waals surface area contributed by atoms with Crippen molar-refractivity contribution in [2.45, 2.75) is 65.2 Å². The van der Waals surface area contributed by atoms with Crippen molar-refractivity contribution in [1.29, 1.82) is 5.26 Å². The molecule has 1 fully saturated rings. The van der Waals surface area contributed by atoms with Crippen LogP contribution in [0.15, 0.2) is 78.9 Å². The summed E-state index contributed by atoms with van der Waals surface area (Å²) in [7, 11) is 0. The Bertz CT molecular complexity index is 1680. The molecule has 3 aromatic carbocycles. The molecule has 8 nitrogen and oxygen atoms in total. The third-order valence-electron chi connectivity index (χ3n) is 8.46. The topological polar surface area (TPSA) is 103 Å². The molecule has 232 valence electrons. The second-order valence-corrected chi connectivity index (χ2v) is 13.1. The van der Waals surface area contributed by atoms with Gasteiger partial charge < -0.3 is 10.2 Å². The first-order valence-electron chi connectivity index (χ1n) is 15.6. The van der Waals surface area contributed by atoms with Gasteiger partial charge in [-0.05, 0) is 86.6 Å². The van der Waals surface area contributed by atoms with E-state index in [1.165, 1.54) is 5.56 Å². The van der Waals surface area contributed by atoms with Crippen molar-refractivity contribution < 1.29 is 9.59 Å². The molecule has 1 aliphatic heterocycles. The van der Waals surface area contributed by atoms with Crippen LogP contribution in [0.4, 0.5) is 16.3 Å². The zero-order valence-corrected chi connectivity index (χ0v) is 26.8. The van der Waals surface area contributed by atoms with Crippen molar-refractivity contribution in [1.82, 2.24) is 14.7 Å². The fourth-order valence-corrected chi connectivity index (χ4v) is 5.59. The average Bonchev–Trinajstić information content (AvgIpc) is 3.46. The highest BCUT2D eigenvalue weighted by Crippen LogP contribution is 2.28. The quantitative estimate of drug-likeness (QED) is 0.225. The Morgan fingerprint density at radius 2 is 1.67 bits per heavy atom. The Kier molecular flexibility index (Phi) is 9.38. The van der Waals surface area contributed by atoms with Gasteiger partial charge in [-0.15, -0.1) is 0 Å². The number of carbonyl (C=O) groups is 2. The van der Waals surface area contributed by atoms with Crippen LogP contribution < -0.4 is 10.6 Å². The van der Waals surface area contributed by atoms with Crippen LogP contribution in [0.1, 0.15) is 79.2 Å². The van der Waals surface area contributed by atoms with Gasteiger partial charge in [-0.1, -0.05) is 62.7 Å². The van der Waals surface area contributed by atoms with Gasteiger partial charge in [0.1, 0.15) is 5.82 Å². The summed E-state index contributed by atoms with van der Waals surface area (Å²) in [6, 6.07) is 27.3. The van der Waals surface area contributed by atoms with Gasteiger partial charge in [-0.2, -0.15) is 10.4 Å². The maximum Gasteiger partial charge on any atom is 0.324 e. The van der Waals surface area contributed by atoms with Crippen molar-refractivity contribution in [3.8, 4) is 11.8 Å². The summed E-state index contributed by atoms with van der Waals surface area (Å²) >= 11 is 0. The number of carbonyl (C=O) groups excluding carboxylic acids is 2. The van der Waals surface area contributed by atoms with Crippen molar-refractivity contribution in [3.63, 3.8) is 0 Å². The fraction of sp³-hybridized carbons (Fsp3) is 0.351. The Morgan fingerprint density at radius 1 is 0.978 bits per heavy atom. The van der Waals surface area contributed by atoms with Gasteiger partial charge in [-0.25, -0.2) is 9.48 Å². The van der Waals surface area contributed by atoms with Gasteiger partial charge in [0.25, 0.3) is 5.91 Å². The number of piperidine rings is 1. The molecule has 4 aromatic rings. The molecular formula is C37H42N6O2. The van der Waals surface area contributed by atoms with Crippen LogP contribution in [0.25, 0.3) is 5.69 Å². The number of aryl methyl sites for hydroxylation is 1. The highest BCUT2D eigenvalue weighted by atomic mass is 16.2. The van der Waals surface area contributed by atoms with Gasteiger partial charge in [0.05, 0.1) is 23.4 Å². The zero-order chi connectivity index (χ0) is 32.1. The lowest BCUT2D eigenvalue weighted by Crippen LogP contribution is -2.39. The molecule has 1 saturated heterocycles. The van der Waals surface area contributed by atoms with Crippen LogP contribution in [-0.4, -0.2) is 39.7 Å². The van der Waals surface area contributed by atoms with Crippen LogP contribution in [0.2, 0.25) is 0 Å². The van der Waals surface area contributed by atoms with E-state index in [2.05, 4.69) is 49.6 Å². The molecule has 45 heavy (non-hydrogen) atoms. The lowest BCUT2D eigenvalue weighted by Gasteiger charge is -2.32. The number of rotatable bonds is 7. The number of amides is 3. The predicted molar refractivity (Wildman–Crippen MR) is 179 cm³/mol. The number of aromatic nitrogens is 2. The fourth-order valence-electron chi connectivity index (χ4n) is 5.59. The Hall–Kier alpha value is -4.90. The van der Waals surface area contributed by atoms with Crippen molar-refractivity contribution in [2.24, 2.45) is 5.92 Å². The van der Waals surface area contributed by atoms with Crippen LogP contribution in [0, 0.1) is 24.2 Å². The molecule has 1 unspecified atom stereocenters. The number of nitrogens with one attached hydrogen (secondary N) is 2. The van der Waals surface area contributed by atoms with Gasteiger partial charge >= 0.3 is 6.03 Å². The van der Waals surface area contributed by atoms with E-state index in [4.69, 9.17) is 5.10 Å². The van der Waals surface area contributed by atoms with Crippen molar-refractivity contribution >= 4 is 23.4 Å². The number of hydrogen-bond donors (Lipinski definition) is 2. The number of nitriles is 1. The second-order valence-electron chi connectivity index (χ2n) is 13.1. The predicted octanol–water partition coefficient (Wildman–Crippen LogP) is 7.84. The molecule has 1 aliphatic rings. The minimum Gasteiger partial charge on any atom is -0.339 e.